The molecule has 0 spiro atoms. The highest BCUT2D eigenvalue weighted by Crippen LogP contribution is 2.75. The van der Waals surface area contributed by atoms with E-state index in [0.717, 1.165) is 38.5 Å². The van der Waals surface area contributed by atoms with E-state index in [1.807, 2.05) is 0 Å². The Labute approximate surface area is 321 Å². The molecule has 2 heterocycles. The summed E-state index contributed by atoms with van der Waals surface area (Å²) in [5, 5.41) is 85.4. The summed E-state index contributed by atoms with van der Waals surface area (Å²) in [5.74, 6) is 1.58. The van der Waals surface area contributed by atoms with Crippen LogP contribution in [0.5, 0.6) is 0 Å². The van der Waals surface area contributed by atoms with Crippen LogP contribution in [-0.4, -0.2) is 128 Å². The van der Waals surface area contributed by atoms with Crippen molar-refractivity contribution in [2.75, 3.05) is 13.2 Å². The second-order valence-corrected chi connectivity index (χ2v) is 19.5. The van der Waals surface area contributed by atoms with E-state index in [0.29, 0.717) is 24.2 Å². The second kappa shape index (κ2) is 15.6. The van der Waals surface area contributed by atoms with Crippen molar-refractivity contribution in [2.24, 2.45) is 51.2 Å². The Morgan fingerprint density at radius 3 is 1.96 bits per heavy atom. The molecule has 0 bridgehead atoms. The van der Waals surface area contributed by atoms with E-state index < -0.39 is 80.0 Å². The van der Waals surface area contributed by atoms with Gasteiger partial charge in [-0.15, -0.1) is 0 Å². The molecule has 6 aliphatic rings. The van der Waals surface area contributed by atoms with Crippen LogP contribution in [0.2, 0.25) is 0 Å². The Hall–Kier alpha value is -1.00. The number of aliphatic hydroxyl groups is 8. The van der Waals surface area contributed by atoms with Crippen molar-refractivity contribution in [2.45, 2.75) is 174 Å². The Bertz CT molecular complexity index is 1370. The van der Waals surface area contributed by atoms with Crippen molar-refractivity contribution in [3.05, 3.63) is 23.8 Å². The van der Waals surface area contributed by atoms with Crippen LogP contribution in [0.1, 0.15) is 100 Å². The first-order chi connectivity index (χ1) is 25.3. The van der Waals surface area contributed by atoms with E-state index in [-0.39, 0.29) is 40.3 Å². The molecular formula is C42H70O12. The van der Waals surface area contributed by atoms with Gasteiger partial charge in [0.2, 0.25) is 0 Å². The van der Waals surface area contributed by atoms with Gasteiger partial charge in [0.15, 0.2) is 12.6 Å². The molecule has 310 valence electrons. The van der Waals surface area contributed by atoms with Crippen LogP contribution < -0.4 is 0 Å². The molecule has 0 aromatic rings. The number of allylic oxidation sites excluding steroid dienone is 4. The van der Waals surface area contributed by atoms with Crippen LogP contribution in [0.3, 0.4) is 0 Å². The maximum absolute atomic E-state index is 12.1. The molecule has 0 amide bonds. The number of hydrogen-bond acceptors (Lipinski definition) is 12. The van der Waals surface area contributed by atoms with Crippen LogP contribution in [0.15, 0.2) is 23.8 Å². The molecule has 20 atom stereocenters. The van der Waals surface area contributed by atoms with Crippen LogP contribution in [0, 0.1) is 51.2 Å². The summed E-state index contributed by atoms with van der Waals surface area (Å²) in [5.41, 5.74) is 0.850. The fourth-order valence-electron chi connectivity index (χ4n) is 13.0. The number of aliphatic hydroxyl groups excluding tert-OH is 8. The first kappa shape index (κ1) is 42.6. The van der Waals surface area contributed by atoms with Gasteiger partial charge in [-0.25, -0.2) is 0 Å². The summed E-state index contributed by atoms with van der Waals surface area (Å²) in [6, 6.07) is 0. The molecule has 0 aromatic carbocycles. The fourth-order valence-corrected chi connectivity index (χ4v) is 13.0. The third kappa shape index (κ3) is 6.89. The van der Waals surface area contributed by atoms with Gasteiger partial charge < -0.3 is 59.8 Å². The molecule has 6 rings (SSSR count). The molecule has 12 heteroatoms. The van der Waals surface area contributed by atoms with Crippen molar-refractivity contribution in [3.8, 4) is 0 Å². The highest BCUT2D eigenvalue weighted by Gasteiger charge is 2.70. The highest BCUT2D eigenvalue weighted by atomic mass is 16.8. The topological polar surface area (TPSA) is 199 Å². The number of ether oxygens (including phenoxy) is 4. The smallest absolute Gasteiger partial charge is 0.187 e. The van der Waals surface area contributed by atoms with Crippen LogP contribution in [0.25, 0.3) is 0 Å². The Morgan fingerprint density at radius 2 is 1.33 bits per heavy atom. The standard InChI is InChI=1S/C42H70O12/c1-21(2)10-9-11-22(3)23-12-16-42(8)30(23)24(45)18-28-40(6)15-14-29(39(4,5)27(40)13-17-41(28,42)7)53-38-36(34(49)32(47)26(20-44)52-38)54-37-35(50)33(48)31(46)25(19-43)51-37/h9-11,22-38,43-50H,12-20H2,1-8H3/b11-9+/t22-,23-,24-,25-,26-,27+,28-,29+,30+,31-,32-,33+,34+,35-,36-,37+,38+,40+,41-,42-/m1/s1. The molecule has 0 radical (unpaired) electrons. The zero-order valence-electron chi connectivity index (χ0n) is 33.6. The summed E-state index contributed by atoms with van der Waals surface area (Å²) in [6.07, 6.45) is -2.51. The molecule has 8 N–H and O–H groups in total. The van der Waals surface area contributed by atoms with E-state index in [9.17, 15) is 40.9 Å². The van der Waals surface area contributed by atoms with Crippen LogP contribution >= 0.6 is 0 Å². The van der Waals surface area contributed by atoms with E-state index in [4.69, 9.17) is 18.9 Å². The molecular weight excluding hydrogens is 696 g/mol. The first-order valence-corrected chi connectivity index (χ1v) is 20.5. The average molecular weight is 767 g/mol. The maximum Gasteiger partial charge on any atom is 0.187 e. The van der Waals surface area contributed by atoms with Crippen molar-refractivity contribution in [1.29, 1.82) is 0 Å². The van der Waals surface area contributed by atoms with E-state index in [1.165, 1.54) is 5.57 Å². The van der Waals surface area contributed by atoms with Gasteiger partial charge in [-0.05, 0) is 110 Å². The lowest BCUT2D eigenvalue weighted by Crippen LogP contribution is -2.67. The van der Waals surface area contributed by atoms with Crippen molar-refractivity contribution < 1.29 is 59.8 Å². The zero-order chi connectivity index (χ0) is 39.7. The number of rotatable bonds is 9. The third-order valence-corrected chi connectivity index (χ3v) is 16.2. The van der Waals surface area contributed by atoms with E-state index in [1.54, 1.807) is 0 Å². The lowest BCUT2D eigenvalue weighted by atomic mass is 9.35. The molecule has 2 saturated heterocycles. The highest BCUT2D eigenvalue weighted by molar-refractivity contribution is 5.20. The summed E-state index contributed by atoms with van der Waals surface area (Å²) in [7, 11) is 0. The van der Waals surface area contributed by atoms with Crippen LogP contribution in [-0.2, 0) is 18.9 Å². The molecule has 12 nitrogen and oxygen atoms in total. The Morgan fingerprint density at radius 1 is 0.722 bits per heavy atom. The minimum Gasteiger partial charge on any atom is -0.394 e. The number of fused-ring (bicyclic) bond motifs is 5. The predicted molar refractivity (Wildman–Crippen MR) is 199 cm³/mol. The molecule has 54 heavy (non-hydrogen) atoms. The van der Waals surface area contributed by atoms with Gasteiger partial charge >= 0.3 is 0 Å². The lowest BCUT2D eigenvalue weighted by molar-refractivity contribution is -0.378. The van der Waals surface area contributed by atoms with E-state index in [2.05, 4.69) is 73.6 Å². The summed E-state index contributed by atoms with van der Waals surface area (Å²) in [4.78, 5) is 0. The van der Waals surface area contributed by atoms with Gasteiger partial charge in [-0.2, -0.15) is 0 Å². The van der Waals surface area contributed by atoms with Gasteiger partial charge in [0.05, 0.1) is 25.4 Å². The van der Waals surface area contributed by atoms with Crippen molar-refractivity contribution in [1.82, 2.24) is 0 Å². The Kier molecular flexibility index (Phi) is 12.3. The minimum absolute atomic E-state index is 0.00523. The minimum atomic E-state index is -1.74. The lowest BCUT2D eigenvalue weighted by Gasteiger charge is -2.70. The SMILES string of the molecule is CC(C)=C/C=C/[C@@H](C)[C@H]1CC[C@]2(C)[C@@H]1[C@H](O)C[C@@H]1[C@@]3(C)CC[C@H](O[C@@H]4O[C@H](CO)[C@@H](O)[C@H](O)[C@H]4O[C@@H]4O[C@H](CO)[C@@H](O)[C@H](O)[C@H]4O)C(C)(C)[C@@H]3CC[C@]12C. The monoisotopic (exact) mass is 766 g/mol. The van der Waals surface area contributed by atoms with Gasteiger partial charge in [0, 0.05) is 0 Å². The zero-order valence-corrected chi connectivity index (χ0v) is 33.6. The largest absolute Gasteiger partial charge is 0.394 e. The normalized spacial score (nSPS) is 52.3. The van der Waals surface area contributed by atoms with Gasteiger partial charge in [0.25, 0.3) is 0 Å². The predicted octanol–water partition coefficient (Wildman–Crippen LogP) is 2.81. The van der Waals surface area contributed by atoms with E-state index >= 15 is 0 Å². The van der Waals surface area contributed by atoms with Crippen LogP contribution in [0.4, 0.5) is 0 Å². The van der Waals surface area contributed by atoms with Crippen molar-refractivity contribution >= 4 is 0 Å². The molecule has 2 aliphatic heterocycles. The molecule has 0 aromatic heterocycles. The third-order valence-electron chi connectivity index (χ3n) is 16.2. The molecule has 4 aliphatic carbocycles. The van der Waals surface area contributed by atoms with Gasteiger partial charge in [0.1, 0.15) is 48.8 Å². The maximum atomic E-state index is 12.1. The number of hydrogen-bond donors (Lipinski definition) is 8. The molecule has 4 saturated carbocycles. The average Bonchev–Trinajstić information content (AvgIpc) is 3.49. The van der Waals surface area contributed by atoms with Gasteiger partial charge in [-0.3, -0.25) is 0 Å². The fraction of sp³-hybridized carbons (Fsp3) is 0.905. The summed E-state index contributed by atoms with van der Waals surface area (Å²) >= 11 is 0. The molecule has 0 unspecified atom stereocenters. The quantitative estimate of drug-likeness (QED) is 0.126. The van der Waals surface area contributed by atoms with Crippen molar-refractivity contribution in [3.63, 3.8) is 0 Å². The molecule has 6 fully saturated rings. The van der Waals surface area contributed by atoms with Gasteiger partial charge in [-0.1, -0.05) is 65.3 Å². The second-order valence-electron chi connectivity index (χ2n) is 19.5. The summed E-state index contributed by atoms with van der Waals surface area (Å²) in [6.45, 7) is 17.1. The first-order valence-electron chi connectivity index (χ1n) is 20.5. The summed E-state index contributed by atoms with van der Waals surface area (Å²) < 4.78 is 24.4. The Balaban J connectivity index is 1.23.